The Bertz CT molecular complexity index is 901. The first kappa shape index (κ1) is 21.2. The molecule has 0 bridgehead atoms. The molecule has 2 aliphatic rings. The van der Waals surface area contributed by atoms with Crippen molar-refractivity contribution in [3.05, 3.63) is 46.5 Å². The molecular formula is C20H21N3O7. The van der Waals surface area contributed by atoms with E-state index in [2.05, 4.69) is 5.32 Å². The van der Waals surface area contributed by atoms with Gasteiger partial charge in [-0.3, -0.25) is 34.2 Å². The summed E-state index contributed by atoms with van der Waals surface area (Å²) in [7, 11) is 0. The number of nitrogens with one attached hydrogen (secondary N) is 1. The Morgan fingerprint density at radius 2 is 1.80 bits per heavy atom. The van der Waals surface area contributed by atoms with Crippen LogP contribution < -0.4 is 5.32 Å². The van der Waals surface area contributed by atoms with Crippen LogP contribution in [0.4, 0.5) is 11.4 Å². The van der Waals surface area contributed by atoms with Crippen LogP contribution in [0.5, 0.6) is 0 Å². The predicted molar refractivity (Wildman–Crippen MR) is 104 cm³/mol. The smallest absolute Gasteiger partial charge is 0.308 e. The van der Waals surface area contributed by atoms with Gasteiger partial charge in [-0.2, -0.15) is 0 Å². The largest absolute Gasteiger partial charge is 0.452 e. The molecule has 10 nitrogen and oxygen atoms in total. The lowest BCUT2D eigenvalue weighted by atomic mass is 9.85. The maximum Gasteiger partial charge on any atom is 0.308 e. The Hall–Kier alpha value is -3.56. The summed E-state index contributed by atoms with van der Waals surface area (Å²) in [5.74, 6) is -2.81. The number of ether oxygens (including phenoxy) is 1. The second kappa shape index (κ2) is 8.85. The normalized spacial score (nSPS) is 21.2. The zero-order valence-corrected chi connectivity index (χ0v) is 16.3. The number of esters is 1. The van der Waals surface area contributed by atoms with Crippen LogP contribution in [0.3, 0.4) is 0 Å². The summed E-state index contributed by atoms with van der Waals surface area (Å²) in [5.41, 5.74) is -0.300. The molecule has 1 aliphatic heterocycles. The molecule has 158 valence electrons. The maximum atomic E-state index is 12.4. The molecule has 0 saturated carbocycles. The number of amides is 3. The first-order valence-electron chi connectivity index (χ1n) is 9.53. The summed E-state index contributed by atoms with van der Waals surface area (Å²) in [6, 6.07) is 5.59. The first-order chi connectivity index (χ1) is 14.3. The van der Waals surface area contributed by atoms with Gasteiger partial charge in [0.25, 0.3) is 11.6 Å². The van der Waals surface area contributed by atoms with Crippen molar-refractivity contribution < 1.29 is 28.8 Å². The number of carbonyl (C=O) groups is 4. The van der Waals surface area contributed by atoms with Gasteiger partial charge in [0.2, 0.25) is 11.8 Å². The average Bonchev–Trinajstić information content (AvgIpc) is 2.97. The third-order valence-electron chi connectivity index (χ3n) is 5.17. The maximum absolute atomic E-state index is 12.4. The van der Waals surface area contributed by atoms with E-state index in [1.165, 1.54) is 31.2 Å². The number of likely N-dealkylation sites (tertiary alicyclic amines) is 1. The summed E-state index contributed by atoms with van der Waals surface area (Å²) < 4.78 is 5.05. The van der Waals surface area contributed by atoms with Crippen molar-refractivity contribution in [3.63, 3.8) is 0 Å². The number of para-hydroxylation sites is 2. The summed E-state index contributed by atoms with van der Waals surface area (Å²) in [6.07, 6.45) is 3.32. The van der Waals surface area contributed by atoms with E-state index < -0.39 is 22.9 Å². The number of nitrogens with zero attached hydrogens (tertiary/aromatic N) is 2. The van der Waals surface area contributed by atoms with Crippen molar-refractivity contribution in [1.82, 2.24) is 4.90 Å². The number of carbonyl (C=O) groups excluding carboxylic acids is 4. The predicted octanol–water partition coefficient (Wildman–Crippen LogP) is 1.81. The molecule has 3 rings (SSSR count). The van der Waals surface area contributed by atoms with Crippen LogP contribution in [0, 0.1) is 22.0 Å². The van der Waals surface area contributed by atoms with Gasteiger partial charge in [0, 0.05) is 12.6 Å². The second-order valence-electron chi connectivity index (χ2n) is 7.13. The van der Waals surface area contributed by atoms with Gasteiger partial charge in [-0.05, 0) is 25.8 Å². The third-order valence-corrected chi connectivity index (χ3v) is 5.17. The highest BCUT2D eigenvalue weighted by Gasteiger charge is 2.47. The highest BCUT2D eigenvalue weighted by molar-refractivity contribution is 6.05. The molecule has 0 radical (unpaired) electrons. The molecule has 1 saturated heterocycles. The van der Waals surface area contributed by atoms with Crippen molar-refractivity contribution in [2.24, 2.45) is 11.8 Å². The highest BCUT2D eigenvalue weighted by atomic mass is 16.6. The minimum absolute atomic E-state index is 0.0140. The Kier molecular flexibility index (Phi) is 6.24. The average molecular weight is 415 g/mol. The topological polar surface area (TPSA) is 136 Å². The number of hydrogen-bond donors (Lipinski definition) is 1. The molecule has 3 atom stereocenters. The Labute approximate surface area is 172 Å². The van der Waals surface area contributed by atoms with E-state index in [4.69, 9.17) is 4.74 Å². The van der Waals surface area contributed by atoms with E-state index in [1.54, 1.807) is 0 Å². The number of nitro benzene ring substituents is 1. The minimum atomic E-state index is -1.21. The molecule has 30 heavy (non-hydrogen) atoms. The fourth-order valence-electron chi connectivity index (χ4n) is 3.57. The lowest BCUT2D eigenvalue weighted by Crippen LogP contribution is -2.35. The number of nitro groups is 1. The zero-order valence-electron chi connectivity index (χ0n) is 16.3. The summed E-state index contributed by atoms with van der Waals surface area (Å²) >= 11 is 0. The van der Waals surface area contributed by atoms with Gasteiger partial charge in [0.1, 0.15) is 5.69 Å². The van der Waals surface area contributed by atoms with Crippen LogP contribution in [0.15, 0.2) is 36.4 Å². The van der Waals surface area contributed by atoms with Crippen molar-refractivity contribution in [2.75, 3.05) is 11.9 Å². The number of fused-ring (bicyclic) bond motifs is 1. The minimum Gasteiger partial charge on any atom is -0.452 e. The molecule has 10 heteroatoms. The molecule has 1 heterocycles. The van der Waals surface area contributed by atoms with E-state index in [0.29, 0.717) is 12.8 Å². The van der Waals surface area contributed by atoms with Gasteiger partial charge in [0.05, 0.1) is 23.2 Å². The molecule has 1 aromatic carbocycles. The summed E-state index contributed by atoms with van der Waals surface area (Å²) in [4.78, 5) is 60.5. The van der Waals surface area contributed by atoms with Gasteiger partial charge >= 0.3 is 5.97 Å². The Morgan fingerprint density at radius 1 is 1.20 bits per heavy atom. The van der Waals surface area contributed by atoms with Gasteiger partial charge in [-0.25, -0.2) is 0 Å². The van der Waals surface area contributed by atoms with Crippen LogP contribution >= 0.6 is 0 Å². The van der Waals surface area contributed by atoms with Crippen LogP contribution in [0.2, 0.25) is 0 Å². The number of imide groups is 1. The molecule has 0 spiro atoms. The molecule has 1 fully saturated rings. The molecular weight excluding hydrogens is 394 g/mol. The molecule has 0 aromatic heterocycles. The van der Waals surface area contributed by atoms with Gasteiger partial charge in [0.15, 0.2) is 6.10 Å². The zero-order chi connectivity index (χ0) is 21.8. The van der Waals surface area contributed by atoms with Crippen molar-refractivity contribution in [2.45, 2.75) is 32.3 Å². The third kappa shape index (κ3) is 4.37. The van der Waals surface area contributed by atoms with Crippen LogP contribution in [0.25, 0.3) is 0 Å². The molecule has 1 N–H and O–H groups in total. The first-order valence-corrected chi connectivity index (χ1v) is 9.53. The molecule has 3 amide bonds. The monoisotopic (exact) mass is 415 g/mol. The quantitative estimate of drug-likeness (QED) is 0.236. The van der Waals surface area contributed by atoms with Crippen molar-refractivity contribution in [3.8, 4) is 0 Å². The van der Waals surface area contributed by atoms with Crippen LogP contribution in [-0.2, 0) is 23.9 Å². The van der Waals surface area contributed by atoms with Crippen LogP contribution in [0.1, 0.15) is 26.2 Å². The standard InChI is InChI=1S/C20H21N3O7/c1-12(18(25)21-15-8-4-5-9-16(15)23(28)29)30-17(24)10-11-22-19(26)13-6-2-3-7-14(13)20(22)27/h2-5,8-9,12-14H,6-7,10-11H2,1H3,(H,21,25)/t12-,13-,14-/m0/s1. The summed E-state index contributed by atoms with van der Waals surface area (Å²) in [6.45, 7) is 1.22. The number of benzene rings is 1. The van der Waals surface area contributed by atoms with E-state index >= 15 is 0 Å². The second-order valence-corrected chi connectivity index (χ2v) is 7.13. The van der Waals surface area contributed by atoms with E-state index in [0.717, 1.165) is 4.90 Å². The number of anilines is 1. The fraction of sp³-hybridized carbons (Fsp3) is 0.400. The van der Waals surface area contributed by atoms with E-state index in [1.807, 2.05) is 12.2 Å². The SMILES string of the molecule is C[C@H](OC(=O)CCN1C(=O)[C@H]2CC=CC[C@@H]2C1=O)C(=O)Nc1ccccc1[N+](=O)[O-]. The molecule has 1 aromatic rings. The number of allylic oxidation sites excluding steroid dienone is 2. The van der Waals surface area contributed by atoms with Gasteiger partial charge in [-0.1, -0.05) is 24.3 Å². The summed E-state index contributed by atoms with van der Waals surface area (Å²) in [5, 5.41) is 13.4. The van der Waals surface area contributed by atoms with Crippen molar-refractivity contribution >= 4 is 35.1 Å². The Balaban J connectivity index is 1.51. The Morgan fingerprint density at radius 3 is 2.40 bits per heavy atom. The van der Waals surface area contributed by atoms with Crippen molar-refractivity contribution in [1.29, 1.82) is 0 Å². The van der Waals surface area contributed by atoms with E-state index in [9.17, 15) is 29.3 Å². The lowest BCUT2D eigenvalue weighted by Gasteiger charge is -2.16. The van der Waals surface area contributed by atoms with Gasteiger partial charge < -0.3 is 10.1 Å². The fourth-order valence-corrected chi connectivity index (χ4v) is 3.57. The van der Waals surface area contributed by atoms with Gasteiger partial charge in [-0.15, -0.1) is 0 Å². The van der Waals surface area contributed by atoms with E-state index in [-0.39, 0.29) is 48.0 Å². The number of rotatable bonds is 7. The molecule has 1 aliphatic carbocycles. The molecule has 0 unspecified atom stereocenters. The number of hydrogen-bond acceptors (Lipinski definition) is 7. The van der Waals surface area contributed by atoms with Crippen LogP contribution in [-0.4, -0.2) is 46.2 Å². The highest BCUT2D eigenvalue weighted by Crippen LogP contribution is 2.35. The lowest BCUT2D eigenvalue weighted by molar-refractivity contribution is -0.383.